The molecule has 1 aromatic rings. The molecule has 1 aromatic heterocycles. The number of ether oxygens (including phenoxy) is 1. The molecule has 4 nitrogen and oxygen atoms in total. The van der Waals surface area contributed by atoms with E-state index in [0.29, 0.717) is 16.4 Å². The van der Waals surface area contributed by atoms with Crippen LogP contribution in [0.5, 0.6) is 0 Å². The van der Waals surface area contributed by atoms with Crippen LogP contribution in [0.3, 0.4) is 0 Å². The molecule has 6 heteroatoms. The van der Waals surface area contributed by atoms with Crippen LogP contribution in [0, 0.1) is 0 Å². The molecule has 16 heavy (non-hydrogen) atoms. The van der Waals surface area contributed by atoms with Gasteiger partial charge in [0, 0.05) is 10.2 Å². The first-order chi connectivity index (χ1) is 7.60. The van der Waals surface area contributed by atoms with Gasteiger partial charge in [0.05, 0.1) is 12.7 Å². The number of halogens is 1. The van der Waals surface area contributed by atoms with Crippen molar-refractivity contribution in [2.75, 3.05) is 11.9 Å². The molecule has 0 fully saturated rings. The maximum atomic E-state index is 11.4. The van der Waals surface area contributed by atoms with E-state index in [4.69, 9.17) is 4.74 Å². The molecular weight excluding hydrogens is 296 g/mol. The molecule has 0 saturated carbocycles. The van der Waals surface area contributed by atoms with Gasteiger partial charge in [-0.05, 0) is 19.1 Å². The molecule has 1 heterocycles. The summed E-state index contributed by atoms with van der Waals surface area (Å²) in [5.74, 6) is -0.403. The second kappa shape index (κ2) is 6.34. The zero-order chi connectivity index (χ0) is 12.1. The van der Waals surface area contributed by atoms with Crippen LogP contribution in [-0.2, 0) is 4.74 Å². The third-order valence-electron chi connectivity index (χ3n) is 1.92. The lowest BCUT2D eigenvalue weighted by atomic mass is 10.2. The summed E-state index contributed by atoms with van der Waals surface area (Å²) in [7, 11) is 0. The fourth-order valence-corrected chi connectivity index (χ4v) is 2.40. The Hall–Kier alpha value is -0.430. The van der Waals surface area contributed by atoms with Crippen molar-refractivity contribution < 1.29 is 19.7 Å². The Kier molecular flexibility index (Phi) is 5.40. The lowest BCUT2D eigenvalue weighted by molar-refractivity contribution is 0.0366. The van der Waals surface area contributed by atoms with Crippen LogP contribution in [0.15, 0.2) is 12.1 Å². The maximum absolute atomic E-state index is 11.4. The van der Waals surface area contributed by atoms with Crippen LogP contribution in [0.2, 0.25) is 0 Å². The van der Waals surface area contributed by atoms with Gasteiger partial charge in [-0.25, -0.2) is 4.79 Å². The number of aliphatic hydroxyl groups is 2. The highest BCUT2D eigenvalue weighted by Crippen LogP contribution is 2.26. The average molecular weight is 309 g/mol. The predicted octanol–water partition coefficient (Wildman–Crippen LogP) is 1.71. The molecule has 0 aliphatic rings. The third kappa shape index (κ3) is 3.28. The molecule has 0 aliphatic carbocycles. The molecule has 0 amide bonds. The summed E-state index contributed by atoms with van der Waals surface area (Å²) in [5.41, 5.74) is 0. The summed E-state index contributed by atoms with van der Waals surface area (Å²) in [6, 6.07) is 3.20. The van der Waals surface area contributed by atoms with Gasteiger partial charge in [-0.15, -0.1) is 11.3 Å². The fraction of sp³-hybridized carbons (Fsp3) is 0.500. The Balaban J connectivity index is 2.74. The van der Waals surface area contributed by atoms with E-state index in [2.05, 4.69) is 15.9 Å². The smallest absolute Gasteiger partial charge is 0.348 e. The Morgan fingerprint density at radius 3 is 2.81 bits per heavy atom. The number of carbonyl (C=O) groups is 1. The topological polar surface area (TPSA) is 66.8 Å². The maximum Gasteiger partial charge on any atom is 0.348 e. The summed E-state index contributed by atoms with van der Waals surface area (Å²) in [4.78, 5) is 12.3. The highest BCUT2D eigenvalue weighted by molar-refractivity contribution is 9.09. The molecule has 90 valence electrons. The molecule has 2 atom stereocenters. The quantitative estimate of drug-likeness (QED) is 0.642. The molecule has 0 radical (unpaired) electrons. The van der Waals surface area contributed by atoms with Gasteiger partial charge in [-0.3, -0.25) is 0 Å². The van der Waals surface area contributed by atoms with Crippen molar-refractivity contribution in [3.8, 4) is 0 Å². The first kappa shape index (κ1) is 13.6. The van der Waals surface area contributed by atoms with E-state index in [1.165, 1.54) is 0 Å². The number of thiophene rings is 1. The van der Waals surface area contributed by atoms with E-state index < -0.39 is 18.2 Å². The molecule has 0 spiro atoms. The normalized spacial score (nSPS) is 14.5. The van der Waals surface area contributed by atoms with Gasteiger partial charge in [0.15, 0.2) is 0 Å². The second-order valence-electron chi connectivity index (χ2n) is 3.09. The van der Waals surface area contributed by atoms with Crippen LogP contribution >= 0.6 is 27.3 Å². The lowest BCUT2D eigenvalue weighted by Crippen LogP contribution is -2.18. The number of hydrogen-bond acceptors (Lipinski definition) is 5. The Morgan fingerprint density at radius 2 is 2.25 bits per heavy atom. The van der Waals surface area contributed by atoms with Crippen molar-refractivity contribution in [3.63, 3.8) is 0 Å². The first-order valence-corrected chi connectivity index (χ1v) is 6.72. The fourth-order valence-electron chi connectivity index (χ4n) is 1.10. The van der Waals surface area contributed by atoms with Gasteiger partial charge in [0.2, 0.25) is 0 Å². The molecule has 2 N–H and O–H groups in total. The number of alkyl halides is 1. The van der Waals surface area contributed by atoms with E-state index >= 15 is 0 Å². The largest absolute Gasteiger partial charge is 0.462 e. The van der Waals surface area contributed by atoms with E-state index in [1.54, 1.807) is 19.1 Å². The van der Waals surface area contributed by atoms with Crippen molar-refractivity contribution >= 4 is 33.2 Å². The number of carbonyl (C=O) groups excluding carboxylic acids is 1. The van der Waals surface area contributed by atoms with Crippen molar-refractivity contribution in [1.29, 1.82) is 0 Å². The highest BCUT2D eigenvalue weighted by atomic mass is 79.9. The van der Waals surface area contributed by atoms with Crippen molar-refractivity contribution in [3.05, 3.63) is 21.9 Å². The van der Waals surface area contributed by atoms with Crippen LogP contribution in [0.1, 0.15) is 27.6 Å². The summed E-state index contributed by atoms with van der Waals surface area (Å²) in [5, 5.41) is 19.4. The van der Waals surface area contributed by atoms with Gasteiger partial charge in [0.1, 0.15) is 11.0 Å². The van der Waals surface area contributed by atoms with Gasteiger partial charge in [-0.1, -0.05) is 15.9 Å². The zero-order valence-electron chi connectivity index (χ0n) is 8.72. The van der Waals surface area contributed by atoms with E-state index in [9.17, 15) is 15.0 Å². The number of rotatable bonds is 5. The minimum absolute atomic E-state index is 0.279. The van der Waals surface area contributed by atoms with Gasteiger partial charge in [0.25, 0.3) is 0 Å². The van der Waals surface area contributed by atoms with E-state index in [-0.39, 0.29) is 5.33 Å². The lowest BCUT2D eigenvalue weighted by Gasteiger charge is -2.13. The molecule has 1 rings (SSSR count). The molecule has 0 aliphatic heterocycles. The third-order valence-corrected chi connectivity index (χ3v) is 3.72. The van der Waals surface area contributed by atoms with Crippen molar-refractivity contribution in [2.45, 2.75) is 19.1 Å². The zero-order valence-corrected chi connectivity index (χ0v) is 11.1. The number of aliphatic hydroxyl groups excluding tert-OH is 2. The molecular formula is C10H13BrO4S. The number of esters is 1. The minimum Gasteiger partial charge on any atom is -0.462 e. The SMILES string of the molecule is CCOC(=O)c1ccc(C(O)C(O)CBr)s1. The summed E-state index contributed by atoms with van der Waals surface area (Å²) < 4.78 is 4.83. The monoisotopic (exact) mass is 308 g/mol. The van der Waals surface area contributed by atoms with E-state index in [1.807, 2.05) is 0 Å². The minimum atomic E-state index is -0.979. The predicted molar refractivity (Wildman–Crippen MR) is 65.0 cm³/mol. The van der Waals surface area contributed by atoms with Crippen LogP contribution < -0.4 is 0 Å². The van der Waals surface area contributed by atoms with Crippen LogP contribution in [-0.4, -0.2) is 34.2 Å². The molecule has 0 bridgehead atoms. The summed E-state index contributed by atoms with van der Waals surface area (Å²) in [6.45, 7) is 2.05. The summed E-state index contributed by atoms with van der Waals surface area (Å²) in [6.07, 6.45) is -1.86. The van der Waals surface area contributed by atoms with Crippen molar-refractivity contribution in [1.82, 2.24) is 0 Å². The van der Waals surface area contributed by atoms with Gasteiger partial charge in [-0.2, -0.15) is 0 Å². The Labute approximate surface area is 106 Å². The molecule has 2 unspecified atom stereocenters. The highest BCUT2D eigenvalue weighted by Gasteiger charge is 2.20. The molecule has 0 saturated heterocycles. The van der Waals surface area contributed by atoms with Crippen LogP contribution in [0.4, 0.5) is 0 Å². The van der Waals surface area contributed by atoms with Crippen molar-refractivity contribution in [2.24, 2.45) is 0 Å². The van der Waals surface area contributed by atoms with E-state index in [0.717, 1.165) is 11.3 Å². The Bertz CT molecular complexity index is 352. The Morgan fingerprint density at radius 1 is 1.56 bits per heavy atom. The molecule has 0 aromatic carbocycles. The van der Waals surface area contributed by atoms with Gasteiger partial charge < -0.3 is 14.9 Å². The standard InChI is InChI=1S/C10H13BrO4S/c1-2-15-10(14)8-4-3-7(16-8)9(13)6(12)5-11/h3-4,6,9,12-13H,2,5H2,1H3. The second-order valence-corrected chi connectivity index (χ2v) is 4.85. The summed E-state index contributed by atoms with van der Waals surface area (Å²) >= 11 is 4.20. The van der Waals surface area contributed by atoms with Crippen LogP contribution in [0.25, 0.3) is 0 Å². The first-order valence-electron chi connectivity index (χ1n) is 4.79. The van der Waals surface area contributed by atoms with Gasteiger partial charge >= 0.3 is 5.97 Å². The number of hydrogen-bond donors (Lipinski definition) is 2. The average Bonchev–Trinajstić information content (AvgIpc) is 2.76.